The normalized spacial score (nSPS) is 15.5. The lowest BCUT2D eigenvalue weighted by atomic mass is 10.2. The Hall–Kier alpha value is -3.48. The lowest BCUT2D eigenvalue weighted by Gasteiger charge is -2.35. The van der Waals surface area contributed by atoms with Crippen molar-refractivity contribution < 1.29 is 32.6 Å². The van der Waals surface area contributed by atoms with Crippen LogP contribution in [0.25, 0.3) is 0 Å². The second-order valence-corrected chi connectivity index (χ2v) is 9.48. The quantitative estimate of drug-likeness (QED) is 0.517. The topological polar surface area (TPSA) is 152 Å². The Morgan fingerprint density at radius 2 is 2.09 bits per heavy atom. The third-order valence-electron chi connectivity index (χ3n) is 4.66. The van der Waals surface area contributed by atoms with E-state index in [1.165, 1.54) is 36.0 Å². The summed E-state index contributed by atoms with van der Waals surface area (Å²) in [6.07, 6.45) is -0.883. The van der Waals surface area contributed by atoms with Crippen LogP contribution in [0.1, 0.15) is 27.7 Å². The molecule has 2 amide bonds. The molecule has 180 valence electrons. The number of amides is 2. The van der Waals surface area contributed by atoms with Gasteiger partial charge in [-0.05, 0) is 39.0 Å². The average molecular weight is 482 g/mol. The Kier molecular flexibility index (Phi) is 7.01. The Morgan fingerprint density at radius 3 is 2.70 bits per heavy atom. The number of sulfonamides is 1. The first-order valence-corrected chi connectivity index (χ1v) is 11.8. The van der Waals surface area contributed by atoms with E-state index in [0.29, 0.717) is 6.54 Å². The van der Waals surface area contributed by atoms with Crippen molar-refractivity contribution in [3.63, 3.8) is 0 Å². The van der Waals surface area contributed by atoms with Gasteiger partial charge in [-0.25, -0.2) is 13.2 Å². The molecule has 2 heterocycles. The van der Waals surface area contributed by atoms with Gasteiger partial charge in [0.05, 0.1) is 24.9 Å². The van der Waals surface area contributed by atoms with Crippen LogP contribution in [0, 0.1) is 0 Å². The first-order chi connectivity index (χ1) is 15.5. The number of ether oxygens (including phenoxy) is 2. The molecule has 0 saturated carbocycles. The van der Waals surface area contributed by atoms with Crippen LogP contribution in [0.5, 0.6) is 11.6 Å². The lowest BCUT2D eigenvalue weighted by Crippen LogP contribution is -2.48. The maximum absolute atomic E-state index is 13.8. The van der Waals surface area contributed by atoms with Crippen LogP contribution in [0.4, 0.5) is 16.2 Å². The molecular formula is C20H27N5O7S. The summed E-state index contributed by atoms with van der Waals surface area (Å²) in [5.74, 6) is -0.0832. The molecule has 1 aromatic carbocycles. The number of carbonyl (C=O) groups is 2. The number of anilines is 2. The van der Waals surface area contributed by atoms with Gasteiger partial charge in [-0.1, -0.05) is 0 Å². The summed E-state index contributed by atoms with van der Waals surface area (Å²) in [5.41, 5.74) is 0.327. The fraction of sp³-hybridized carbons (Fsp3) is 0.450. The van der Waals surface area contributed by atoms with E-state index in [4.69, 9.17) is 14.6 Å². The number of hydrogen-bond donors (Lipinski definition) is 3. The molecule has 3 N–H and O–H groups in total. The van der Waals surface area contributed by atoms with E-state index in [1.54, 1.807) is 13.8 Å². The highest BCUT2D eigenvalue weighted by atomic mass is 32.2. The molecule has 0 unspecified atom stereocenters. The minimum Gasteiger partial charge on any atom is -0.484 e. The van der Waals surface area contributed by atoms with Crippen molar-refractivity contribution >= 4 is 33.4 Å². The van der Waals surface area contributed by atoms with Gasteiger partial charge in [-0.3, -0.25) is 19.1 Å². The Balaban J connectivity index is 2.09. The molecule has 33 heavy (non-hydrogen) atoms. The number of carboxylic acid groups (broad SMARTS) is 1. The van der Waals surface area contributed by atoms with Gasteiger partial charge >= 0.3 is 6.09 Å². The molecule has 0 fully saturated rings. The first kappa shape index (κ1) is 24.2. The number of carbonyl (C=O) groups excluding carboxylic acids is 1. The monoisotopic (exact) mass is 481 g/mol. The number of fused-ring (bicyclic) bond motifs is 1. The summed E-state index contributed by atoms with van der Waals surface area (Å²) >= 11 is 0. The van der Waals surface area contributed by atoms with Gasteiger partial charge in [0.25, 0.3) is 15.9 Å². The second kappa shape index (κ2) is 9.57. The largest absolute Gasteiger partial charge is 0.484 e. The molecule has 12 nitrogen and oxygen atoms in total. The smallest absolute Gasteiger partial charge is 0.409 e. The van der Waals surface area contributed by atoms with Crippen molar-refractivity contribution in [2.45, 2.75) is 51.3 Å². The molecule has 0 spiro atoms. The highest BCUT2D eigenvalue weighted by Crippen LogP contribution is 2.40. The molecule has 13 heteroatoms. The number of aryl methyl sites for hydroxylation is 1. The predicted molar refractivity (Wildman–Crippen MR) is 119 cm³/mol. The molecule has 2 aromatic rings. The van der Waals surface area contributed by atoms with Crippen molar-refractivity contribution in [2.75, 3.05) is 22.7 Å². The maximum atomic E-state index is 13.8. The Bertz CT molecular complexity index is 1150. The van der Waals surface area contributed by atoms with E-state index < -0.39 is 22.2 Å². The number of hydrogen-bond acceptors (Lipinski definition) is 7. The summed E-state index contributed by atoms with van der Waals surface area (Å²) in [5, 5.41) is 18.1. The minimum absolute atomic E-state index is 0.0295. The molecule has 1 aliphatic rings. The second-order valence-electron chi connectivity index (χ2n) is 7.65. The lowest BCUT2D eigenvalue weighted by molar-refractivity contribution is -0.119. The van der Waals surface area contributed by atoms with Crippen LogP contribution in [0.2, 0.25) is 0 Å². The number of aromatic nitrogens is 2. The molecule has 0 saturated heterocycles. The van der Waals surface area contributed by atoms with Gasteiger partial charge in [0.15, 0.2) is 4.90 Å². The fourth-order valence-corrected chi connectivity index (χ4v) is 4.82. The number of nitrogens with zero attached hydrogens (tertiary/aromatic N) is 3. The van der Waals surface area contributed by atoms with Crippen LogP contribution in [-0.2, 0) is 21.4 Å². The fourth-order valence-electron chi connectivity index (χ4n) is 3.25. The van der Waals surface area contributed by atoms with Crippen molar-refractivity contribution in [3.05, 3.63) is 24.4 Å². The zero-order chi connectivity index (χ0) is 24.3. The predicted octanol–water partition coefficient (Wildman–Crippen LogP) is 1.87. The highest BCUT2D eigenvalue weighted by molar-refractivity contribution is 7.93. The SMILES string of the molecule is CCn1cc(S(=O)(=O)N2C[C@H](CNC(C)=O)Oc3ccc(NC(=O)O)cc32)c(OC(C)C)n1. The number of rotatable bonds is 8. The summed E-state index contributed by atoms with van der Waals surface area (Å²) in [4.78, 5) is 22.3. The molecule has 0 radical (unpaired) electrons. The summed E-state index contributed by atoms with van der Waals surface area (Å²) in [6, 6.07) is 4.31. The van der Waals surface area contributed by atoms with Crippen molar-refractivity contribution in [3.8, 4) is 11.6 Å². The van der Waals surface area contributed by atoms with Gasteiger partial charge in [0.2, 0.25) is 5.91 Å². The van der Waals surface area contributed by atoms with Gasteiger partial charge in [0, 0.05) is 25.4 Å². The number of benzene rings is 1. The zero-order valence-electron chi connectivity index (χ0n) is 18.7. The molecule has 1 aliphatic heterocycles. The molecular weight excluding hydrogens is 454 g/mol. The van der Waals surface area contributed by atoms with Gasteiger partial charge in [0.1, 0.15) is 11.9 Å². The third kappa shape index (κ3) is 5.48. The van der Waals surface area contributed by atoms with Crippen molar-refractivity contribution in [1.29, 1.82) is 0 Å². The average Bonchev–Trinajstić information content (AvgIpc) is 3.14. The van der Waals surface area contributed by atoms with E-state index >= 15 is 0 Å². The van der Waals surface area contributed by atoms with Crippen LogP contribution >= 0.6 is 0 Å². The summed E-state index contributed by atoms with van der Waals surface area (Å²) < 4.78 is 41.7. The van der Waals surface area contributed by atoms with Crippen LogP contribution in [-0.4, -0.2) is 60.6 Å². The first-order valence-electron chi connectivity index (χ1n) is 10.3. The number of nitrogens with one attached hydrogen (secondary N) is 2. The van der Waals surface area contributed by atoms with Gasteiger partial charge < -0.3 is 19.9 Å². The van der Waals surface area contributed by atoms with Crippen LogP contribution in [0.3, 0.4) is 0 Å². The highest BCUT2D eigenvalue weighted by Gasteiger charge is 2.38. The summed E-state index contributed by atoms with van der Waals surface area (Å²) in [7, 11) is -4.20. The van der Waals surface area contributed by atoms with E-state index in [0.717, 1.165) is 4.31 Å². The van der Waals surface area contributed by atoms with Crippen molar-refractivity contribution in [2.24, 2.45) is 0 Å². The molecule has 0 aliphatic carbocycles. The van der Waals surface area contributed by atoms with E-state index in [9.17, 15) is 18.0 Å². The molecule has 0 bridgehead atoms. The van der Waals surface area contributed by atoms with Gasteiger partial charge in [-0.2, -0.15) is 0 Å². The van der Waals surface area contributed by atoms with Crippen molar-refractivity contribution in [1.82, 2.24) is 15.1 Å². The molecule has 3 rings (SSSR count). The Labute approximate surface area is 191 Å². The standard InChI is InChI=1S/C20H27N5O7S/c1-5-24-11-18(19(23-24)31-12(2)3)33(29,30)25-10-15(9-21-13(4)26)32-17-7-6-14(8-16(17)25)22-20(27)28/h6-8,11-12,15,22H,5,9-10H2,1-4H3,(H,21,26)(H,27,28)/t15-/m0/s1. The van der Waals surface area contributed by atoms with Crippen LogP contribution in [0.15, 0.2) is 29.3 Å². The van der Waals surface area contributed by atoms with Gasteiger partial charge in [-0.15, -0.1) is 5.10 Å². The molecule has 1 aromatic heterocycles. The summed E-state index contributed by atoms with van der Waals surface area (Å²) in [6.45, 7) is 7.09. The Morgan fingerprint density at radius 1 is 1.36 bits per heavy atom. The zero-order valence-corrected chi connectivity index (χ0v) is 19.5. The van der Waals surface area contributed by atoms with E-state index in [2.05, 4.69) is 15.7 Å². The van der Waals surface area contributed by atoms with E-state index in [-0.39, 0.29) is 53.0 Å². The maximum Gasteiger partial charge on any atom is 0.409 e. The van der Waals surface area contributed by atoms with Crippen LogP contribution < -0.4 is 24.4 Å². The third-order valence-corrected chi connectivity index (χ3v) is 6.42. The van der Waals surface area contributed by atoms with E-state index in [1.807, 2.05) is 6.92 Å². The minimum atomic E-state index is -4.20. The molecule has 1 atom stereocenters.